The van der Waals surface area contributed by atoms with Gasteiger partial charge < -0.3 is 4.90 Å². The monoisotopic (exact) mass is 241 g/mol. The summed E-state index contributed by atoms with van der Waals surface area (Å²) in [6, 6.07) is 0.521. The average molecular weight is 242 g/mol. The predicted molar refractivity (Wildman–Crippen MR) is 64.4 cm³/mol. The van der Waals surface area contributed by atoms with E-state index in [1.807, 2.05) is 0 Å². The lowest BCUT2D eigenvalue weighted by molar-refractivity contribution is -0.137. The molecule has 3 saturated carbocycles. The Labute approximate surface area is 102 Å². The Balaban J connectivity index is 1.62. The summed E-state index contributed by atoms with van der Waals surface area (Å²) >= 11 is 5.82. The number of fused-ring (bicyclic) bond motifs is 1. The molecule has 0 N–H and O–H groups in total. The topological polar surface area (TPSA) is 20.3 Å². The zero-order valence-corrected chi connectivity index (χ0v) is 10.5. The Hall–Kier alpha value is -0.240. The van der Waals surface area contributed by atoms with E-state index in [1.54, 1.807) is 0 Å². The molecule has 0 aromatic rings. The minimum atomic E-state index is 0.387. The van der Waals surface area contributed by atoms with E-state index in [-0.39, 0.29) is 0 Å². The van der Waals surface area contributed by atoms with Crippen LogP contribution in [0.3, 0.4) is 0 Å². The van der Waals surface area contributed by atoms with Crippen molar-refractivity contribution in [1.29, 1.82) is 0 Å². The van der Waals surface area contributed by atoms with Gasteiger partial charge in [-0.3, -0.25) is 4.79 Å². The lowest BCUT2D eigenvalue weighted by Crippen LogP contribution is -2.46. The molecule has 16 heavy (non-hydrogen) atoms. The molecule has 90 valence electrons. The number of rotatable bonds is 4. The molecule has 0 aliphatic heterocycles. The van der Waals surface area contributed by atoms with Crippen molar-refractivity contribution in [3.8, 4) is 0 Å². The third-order valence-corrected chi connectivity index (χ3v) is 4.98. The number of carbonyl (C=O) groups excluding carboxylic acids is 1. The molecule has 3 fully saturated rings. The van der Waals surface area contributed by atoms with Crippen LogP contribution < -0.4 is 0 Å². The van der Waals surface area contributed by atoms with E-state index in [4.69, 9.17) is 11.6 Å². The number of amides is 1. The predicted octanol–water partition coefficient (Wildman–Crippen LogP) is 2.65. The minimum absolute atomic E-state index is 0.387. The van der Waals surface area contributed by atoms with Gasteiger partial charge in [-0.2, -0.15) is 0 Å². The molecule has 0 radical (unpaired) electrons. The Morgan fingerprint density at radius 3 is 2.25 bits per heavy atom. The van der Waals surface area contributed by atoms with Crippen LogP contribution in [0, 0.1) is 17.8 Å². The highest BCUT2D eigenvalue weighted by Crippen LogP contribution is 2.58. The van der Waals surface area contributed by atoms with Gasteiger partial charge in [-0.15, -0.1) is 11.6 Å². The molecule has 1 amide bonds. The smallest absolute Gasteiger partial charge is 0.226 e. The van der Waals surface area contributed by atoms with E-state index in [9.17, 15) is 4.79 Å². The van der Waals surface area contributed by atoms with E-state index in [0.717, 1.165) is 18.4 Å². The number of nitrogens with zero attached hydrogens (tertiary/aromatic N) is 1. The number of halogens is 1. The molecule has 2 nitrogen and oxygen atoms in total. The van der Waals surface area contributed by atoms with Crippen LogP contribution in [0.1, 0.15) is 38.5 Å². The Kier molecular flexibility index (Phi) is 2.87. The third kappa shape index (κ3) is 1.66. The molecule has 2 unspecified atom stereocenters. The third-order valence-electron chi connectivity index (χ3n) is 4.82. The first-order valence-corrected chi connectivity index (χ1v) is 7.23. The standard InChI is InChI=1S/C13H20ClNO/c14-7-8-15(9-3-1-4-9)13(16)12-10-5-2-6-11(10)12/h9-12H,1-8H2. The van der Waals surface area contributed by atoms with Crippen molar-refractivity contribution in [3.05, 3.63) is 0 Å². The van der Waals surface area contributed by atoms with Crippen LogP contribution in [0.5, 0.6) is 0 Å². The first-order valence-electron chi connectivity index (χ1n) is 6.69. The van der Waals surface area contributed by atoms with Crippen LogP contribution in [0.4, 0.5) is 0 Å². The van der Waals surface area contributed by atoms with Crippen molar-refractivity contribution >= 4 is 17.5 Å². The van der Waals surface area contributed by atoms with Crippen molar-refractivity contribution in [2.45, 2.75) is 44.6 Å². The van der Waals surface area contributed by atoms with E-state index in [0.29, 0.717) is 23.7 Å². The Morgan fingerprint density at radius 1 is 1.12 bits per heavy atom. The fourth-order valence-electron chi connectivity index (χ4n) is 3.64. The van der Waals surface area contributed by atoms with E-state index in [2.05, 4.69) is 4.90 Å². The maximum Gasteiger partial charge on any atom is 0.226 e. The highest BCUT2D eigenvalue weighted by atomic mass is 35.5. The molecule has 3 heteroatoms. The molecule has 0 heterocycles. The highest BCUT2D eigenvalue weighted by Gasteiger charge is 2.57. The van der Waals surface area contributed by atoms with E-state index < -0.39 is 0 Å². The normalized spacial score (nSPS) is 36.7. The van der Waals surface area contributed by atoms with Gasteiger partial charge in [0.05, 0.1) is 0 Å². The minimum Gasteiger partial charge on any atom is -0.338 e. The number of hydrogen-bond acceptors (Lipinski definition) is 1. The summed E-state index contributed by atoms with van der Waals surface area (Å²) in [6.07, 6.45) is 7.61. The SMILES string of the molecule is O=C(C1C2CCCC21)N(CCCl)C1CCC1. The van der Waals surface area contributed by atoms with Gasteiger partial charge >= 0.3 is 0 Å². The van der Waals surface area contributed by atoms with Crippen LogP contribution in [0.2, 0.25) is 0 Å². The number of carbonyl (C=O) groups is 1. The van der Waals surface area contributed by atoms with Gasteiger partial charge in [-0.05, 0) is 43.9 Å². The van der Waals surface area contributed by atoms with Crippen molar-refractivity contribution in [2.75, 3.05) is 12.4 Å². The molecular weight excluding hydrogens is 222 g/mol. The second-order valence-electron chi connectivity index (χ2n) is 5.59. The zero-order valence-electron chi connectivity index (χ0n) is 9.70. The van der Waals surface area contributed by atoms with E-state index >= 15 is 0 Å². The Morgan fingerprint density at radius 2 is 1.75 bits per heavy atom. The molecule has 0 spiro atoms. The average Bonchev–Trinajstić information content (AvgIpc) is 2.67. The summed E-state index contributed by atoms with van der Waals surface area (Å²) in [6.45, 7) is 0.765. The summed E-state index contributed by atoms with van der Waals surface area (Å²) in [7, 11) is 0. The van der Waals surface area contributed by atoms with Gasteiger partial charge in [0, 0.05) is 24.4 Å². The fraction of sp³-hybridized carbons (Fsp3) is 0.923. The first kappa shape index (κ1) is 10.9. The second kappa shape index (κ2) is 4.21. The summed E-state index contributed by atoms with van der Waals surface area (Å²) in [4.78, 5) is 14.5. The molecule has 3 rings (SSSR count). The summed E-state index contributed by atoms with van der Waals surface area (Å²) in [5.41, 5.74) is 0. The van der Waals surface area contributed by atoms with Crippen molar-refractivity contribution in [1.82, 2.24) is 4.90 Å². The van der Waals surface area contributed by atoms with Gasteiger partial charge in [0.2, 0.25) is 5.91 Å². The fourth-order valence-corrected chi connectivity index (χ4v) is 3.82. The Bertz CT molecular complexity index is 280. The van der Waals surface area contributed by atoms with E-state index in [1.165, 1.54) is 38.5 Å². The lowest BCUT2D eigenvalue weighted by Gasteiger charge is -2.37. The quantitative estimate of drug-likeness (QED) is 0.693. The van der Waals surface area contributed by atoms with Crippen LogP contribution in [0.25, 0.3) is 0 Å². The van der Waals surface area contributed by atoms with Gasteiger partial charge in [0.15, 0.2) is 0 Å². The number of hydrogen-bond donors (Lipinski definition) is 0. The zero-order chi connectivity index (χ0) is 11.1. The molecule has 0 bridgehead atoms. The van der Waals surface area contributed by atoms with Crippen LogP contribution in [-0.4, -0.2) is 29.3 Å². The maximum atomic E-state index is 12.4. The summed E-state index contributed by atoms with van der Waals surface area (Å²) in [5.74, 6) is 2.89. The molecule has 0 aromatic heterocycles. The van der Waals surface area contributed by atoms with Crippen LogP contribution in [-0.2, 0) is 4.79 Å². The molecule has 0 aromatic carbocycles. The van der Waals surface area contributed by atoms with Crippen molar-refractivity contribution in [3.63, 3.8) is 0 Å². The largest absolute Gasteiger partial charge is 0.338 e. The molecule has 2 atom stereocenters. The van der Waals surface area contributed by atoms with Gasteiger partial charge in [-0.1, -0.05) is 6.42 Å². The van der Waals surface area contributed by atoms with Gasteiger partial charge in [0.1, 0.15) is 0 Å². The molecule has 0 saturated heterocycles. The van der Waals surface area contributed by atoms with Crippen molar-refractivity contribution in [2.24, 2.45) is 17.8 Å². The second-order valence-corrected chi connectivity index (χ2v) is 5.97. The highest BCUT2D eigenvalue weighted by molar-refractivity contribution is 6.18. The first-order chi connectivity index (χ1) is 7.83. The number of alkyl halides is 1. The summed E-state index contributed by atoms with van der Waals surface area (Å²) in [5, 5.41) is 0. The van der Waals surface area contributed by atoms with Crippen LogP contribution in [0.15, 0.2) is 0 Å². The van der Waals surface area contributed by atoms with Crippen LogP contribution >= 0.6 is 11.6 Å². The van der Waals surface area contributed by atoms with Gasteiger partial charge in [0.25, 0.3) is 0 Å². The molecule has 3 aliphatic rings. The van der Waals surface area contributed by atoms with Crippen molar-refractivity contribution < 1.29 is 4.79 Å². The molecular formula is C13H20ClNO. The molecule has 3 aliphatic carbocycles. The van der Waals surface area contributed by atoms with Gasteiger partial charge in [-0.25, -0.2) is 0 Å². The maximum absolute atomic E-state index is 12.4. The summed E-state index contributed by atoms with van der Waals surface area (Å²) < 4.78 is 0. The lowest BCUT2D eigenvalue weighted by atomic mass is 9.91.